The Balaban J connectivity index is 3.11. The second-order valence-corrected chi connectivity index (χ2v) is 3.90. The van der Waals surface area contributed by atoms with Crippen LogP contribution in [0.4, 0.5) is 0 Å². The van der Waals surface area contributed by atoms with Gasteiger partial charge in [-0.05, 0) is 13.0 Å². The predicted octanol–water partition coefficient (Wildman–Crippen LogP) is -0.348. The Bertz CT molecular complexity index is 449. The highest BCUT2D eigenvalue weighted by Crippen LogP contribution is 2.38. The average molecular weight is 242 g/mol. The number of nitrogens with one attached hydrogen (secondary N) is 1. The standard InChI is InChI=1S/C10H14N2O5/c1-10(12-11,9(16)17)4-5-2-3-6(13)8(15)7(5)14/h2-3,12-15H,4,11H2,1H3,(H,16,17). The lowest BCUT2D eigenvalue weighted by molar-refractivity contribution is -0.144. The van der Waals surface area contributed by atoms with E-state index in [1.807, 2.05) is 0 Å². The van der Waals surface area contributed by atoms with Crippen molar-refractivity contribution in [3.05, 3.63) is 17.7 Å². The van der Waals surface area contributed by atoms with E-state index in [0.29, 0.717) is 0 Å². The summed E-state index contributed by atoms with van der Waals surface area (Å²) in [6.45, 7) is 1.33. The highest BCUT2D eigenvalue weighted by molar-refractivity contribution is 5.79. The summed E-state index contributed by atoms with van der Waals surface area (Å²) in [5.41, 5.74) is 0.803. The van der Waals surface area contributed by atoms with Crippen LogP contribution >= 0.6 is 0 Å². The number of carboxylic acids is 1. The van der Waals surface area contributed by atoms with E-state index in [2.05, 4.69) is 5.43 Å². The Labute approximate surface area is 97.1 Å². The normalized spacial score (nSPS) is 14.2. The molecule has 1 rings (SSSR count). The molecule has 0 amide bonds. The van der Waals surface area contributed by atoms with E-state index in [4.69, 9.17) is 16.1 Å². The molecule has 0 aliphatic carbocycles. The minimum absolute atomic E-state index is 0.154. The molecule has 7 nitrogen and oxygen atoms in total. The van der Waals surface area contributed by atoms with Crippen LogP contribution in [0, 0.1) is 0 Å². The van der Waals surface area contributed by atoms with Crippen molar-refractivity contribution in [3.63, 3.8) is 0 Å². The van der Waals surface area contributed by atoms with Gasteiger partial charge in [0.2, 0.25) is 5.75 Å². The lowest BCUT2D eigenvalue weighted by atomic mass is 9.93. The molecule has 1 atom stereocenters. The molecule has 1 aromatic rings. The smallest absolute Gasteiger partial charge is 0.325 e. The van der Waals surface area contributed by atoms with Crippen molar-refractivity contribution < 1.29 is 25.2 Å². The van der Waals surface area contributed by atoms with Crippen molar-refractivity contribution in [2.45, 2.75) is 18.9 Å². The molecule has 7 N–H and O–H groups in total. The van der Waals surface area contributed by atoms with Gasteiger partial charge in [0.25, 0.3) is 0 Å². The fourth-order valence-electron chi connectivity index (χ4n) is 1.32. The summed E-state index contributed by atoms with van der Waals surface area (Å²) in [5.74, 6) is 2.22. The topological polar surface area (TPSA) is 136 Å². The maximum absolute atomic E-state index is 11.0. The molecule has 0 heterocycles. The van der Waals surface area contributed by atoms with Crippen molar-refractivity contribution in [1.29, 1.82) is 0 Å². The number of nitrogens with two attached hydrogens (primary N) is 1. The molecule has 1 aromatic carbocycles. The number of rotatable bonds is 4. The highest BCUT2D eigenvalue weighted by Gasteiger charge is 2.33. The monoisotopic (exact) mass is 242 g/mol. The van der Waals surface area contributed by atoms with Crippen molar-refractivity contribution >= 4 is 5.97 Å². The zero-order valence-corrected chi connectivity index (χ0v) is 9.14. The van der Waals surface area contributed by atoms with E-state index in [1.54, 1.807) is 0 Å². The van der Waals surface area contributed by atoms with Crippen molar-refractivity contribution in [2.75, 3.05) is 0 Å². The fraction of sp³-hybridized carbons (Fsp3) is 0.300. The van der Waals surface area contributed by atoms with Crippen molar-refractivity contribution in [3.8, 4) is 17.2 Å². The molecule has 0 aliphatic rings. The van der Waals surface area contributed by atoms with Gasteiger partial charge >= 0.3 is 5.97 Å². The highest BCUT2D eigenvalue weighted by atomic mass is 16.4. The van der Waals surface area contributed by atoms with Crippen LogP contribution in [0.3, 0.4) is 0 Å². The summed E-state index contributed by atoms with van der Waals surface area (Å²) < 4.78 is 0. The van der Waals surface area contributed by atoms with E-state index < -0.39 is 28.8 Å². The molecule has 1 unspecified atom stereocenters. The molecular formula is C10H14N2O5. The van der Waals surface area contributed by atoms with Gasteiger partial charge in [-0.25, -0.2) is 5.43 Å². The first kappa shape index (κ1) is 13.1. The second kappa shape index (κ2) is 4.48. The molecule has 0 radical (unpaired) electrons. The molecule has 0 aliphatic heterocycles. The quantitative estimate of drug-likeness (QED) is 0.241. The second-order valence-electron chi connectivity index (χ2n) is 3.90. The van der Waals surface area contributed by atoms with Crippen LogP contribution in [0.25, 0.3) is 0 Å². The number of aromatic hydroxyl groups is 3. The average Bonchev–Trinajstić information content (AvgIpc) is 2.29. The number of aliphatic carboxylic acids is 1. The van der Waals surface area contributed by atoms with E-state index in [-0.39, 0.29) is 12.0 Å². The predicted molar refractivity (Wildman–Crippen MR) is 58.5 cm³/mol. The van der Waals surface area contributed by atoms with Gasteiger partial charge in [0.1, 0.15) is 5.54 Å². The molecule has 0 saturated heterocycles. The molecule has 0 fully saturated rings. The molecule has 94 valence electrons. The molecule has 0 spiro atoms. The summed E-state index contributed by atoms with van der Waals surface area (Å²) in [6.07, 6.45) is -0.154. The van der Waals surface area contributed by atoms with Crippen molar-refractivity contribution in [1.82, 2.24) is 5.43 Å². The molecular weight excluding hydrogens is 228 g/mol. The third kappa shape index (κ3) is 2.40. The molecule has 7 heteroatoms. The van der Waals surface area contributed by atoms with E-state index in [9.17, 15) is 15.0 Å². The SMILES string of the molecule is CC(Cc1ccc(O)c(O)c1O)(NN)C(=O)O. The number of phenolic OH excluding ortho intramolecular Hbond substituents is 3. The van der Waals surface area contributed by atoms with Gasteiger partial charge in [-0.15, -0.1) is 0 Å². The zero-order valence-electron chi connectivity index (χ0n) is 9.14. The summed E-state index contributed by atoms with van der Waals surface area (Å²) in [4.78, 5) is 11.0. The summed E-state index contributed by atoms with van der Waals surface area (Å²) in [5, 5.41) is 36.9. The number of carbonyl (C=O) groups is 1. The Morgan fingerprint density at radius 2 is 1.94 bits per heavy atom. The number of phenols is 3. The minimum Gasteiger partial charge on any atom is -0.504 e. The number of carboxylic acid groups (broad SMARTS) is 1. The van der Waals surface area contributed by atoms with Crippen LogP contribution in [0.1, 0.15) is 12.5 Å². The molecule has 0 bridgehead atoms. The molecule has 0 saturated carbocycles. The van der Waals surface area contributed by atoms with Gasteiger partial charge < -0.3 is 20.4 Å². The number of hydrogen-bond acceptors (Lipinski definition) is 6. The molecule has 17 heavy (non-hydrogen) atoms. The van der Waals surface area contributed by atoms with Gasteiger partial charge in [-0.1, -0.05) is 6.07 Å². The van der Waals surface area contributed by atoms with Gasteiger partial charge in [0, 0.05) is 12.0 Å². The summed E-state index contributed by atoms with van der Waals surface area (Å²) >= 11 is 0. The first-order valence-corrected chi connectivity index (χ1v) is 4.76. The summed E-state index contributed by atoms with van der Waals surface area (Å²) in [7, 11) is 0. The van der Waals surface area contributed by atoms with Crippen LogP contribution in [0.5, 0.6) is 17.2 Å². The fourth-order valence-corrected chi connectivity index (χ4v) is 1.32. The summed E-state index contributed by atoms with van der Waals surface area (Å²) in [6, 6.07) is 2.46. The molecule has 0 aromatic heterocycles. The van der Waals surface area contributed by atoms with Crippen LogP contribution in [0.2, 0.25) is 0 Å². The van der Waals surface area contributed by atoms with Crippen molar-refractivity contribution in [2.24, 2.45) is 5.84 Å². The first-order valence-electron chi connectivity index (χ1n) is 4.76. The minimum atomic E-state index is -1.49. The van der Waals surface area contributed by atoms with E-state index in [0.717, 1.165) is 6.07 Å². The van der Waals surface area contributed by atoms with Gasteiger partial charge in [0.15, 0.2) is 11.5 Å². The number of hydrogen-bond donors (Lipinski definition) is 6. The third-order valence-electron chi connectivity index (χ3n) is 2.55. The Morgan fingerprint density at radius 1 is 1.35 bits per heavy atom. The Hall–Kier alpha value is -1.99. The van der Waals surface area contributed by atoms with Gasteiger partial charge in [-0.2, -0.15) is 0 Å². The van der Waals surface area contributed by atoms with E-state index >= 15 is 0 Å². The largest absolute Gasteiger partial charge is 0.504 e. The van der Waals surface area contributed by atoms with Gasteiger partial charge in [0.05, 0.1) is 0 Å². The Morgan fingerprint density at radius 3 is 2.41 bits per heavy atom. The maximum atomic E-state index is 11.0. The lowest BCUT2D eigenvalue weighted by Gasteiger charge is -2.24. The number of hydrazine groups is 1. The van der Waals surface area contributed by atoms with Crippen LogP contribution in [0.15, 0.2) is 12.1 Å². The van der Waals surface area contributed by atoms with Crippen LogP contribution in [-0.2, 0) is 11.2 Å². The maximum Gasteiger partial charge on any atom is 0.325 e. The first-order chi connectivity index (χ1) is 7.81. The van der Waals surface area contributed by atoms with Crippen LogP contribution < -0.4 is 11.3 Å². The number of benzene rings is 1. The third-order valence-corrected chi connectivity index (χ3v) is 2.55. The lowest BCUT2D eigenvalue weighted by Crippen LogP contribution is -2.54. The van der Waals surface area contributed by atoms with E-state index in [1.165, 1.54) is 13.0 Å². The van der Waals surface area contributed by atoms with Gasteiger partial charge in [-0.3, -0.25) is 10.6 Å². The Kier molecular flexibility index (Phi) is 3.45. The van der Waals surface area contributed by atoms with Crippen LogP contribution in [-0.4, -0.2) is 31.9 Å². The zero-order chi connectivity index (χ0) is 13.2.